The van der Waals surface area contributed by atoms with Gasteiger partial charge in [0.15, 0.2) is 17.1 Å². The normalized spacial score (nSPS) is 17.1. The first-order valence-corrected chi connectivity index (χ1v) is 8.87. The van der Waals surface area contributed by atoms with Gasteiger partial charge >= 0.3 is 0 Å². The largest absolute Gasteiger partial charge is 0.493 e. The van der Waals surface area contributed by atoms with Crippen LogP contribution in [0.4, 0.5) is 0 Å². The highest BCUT2D eigenvalue weighted by Crippen LogP contribution is 2.31. The molecule has 1 saturated heterocycles. The molecule has 1 N–H and O–H groups in total. The summed E-state index contributed by atoms with van der Waals surface area (Å²) in [4.78, 5) is 23.5. The molecule has 1 aromatic carbocycles. The van der Waals surface area contributed by atoms with Gasteiger partial charge in [0, 0.05) is 37.0 Å². The van der Waals surface area contributed by atoms with E-state index in [1.165, 1.54) is 0 Å². The van der Waals surface area contributed by atoms with E-state index in [-0.39, 0.29) is 11.8 Å². The zero-order valence-electron chi connectivity index (χ0n) is 15.3. The smallest absolute Gasteiger partial charge is 0.254 e. The molecule has 0 radical (unpaired) electrons. The molecule has 27 heavy (non-hydrogen) atoms. The van der Waals surface area contributed by atoms with Gasteiger partial charge in [-0.15, -0.1) is 0 Å². The number of carbonyl (C=O) groups is 1. The Morgan fingerprint density at radius 1 is 1.19 bits per heavy atom. The third-order valence-electron chi connectivity index (χ3n) is 4.96. The molecule has 0 unspecified atom stereocenters. The van der Waals surface area contributed by atoms with Gasteiger partial charge in [0.05, 0.1) is 19.9 Å². The fraction of sp³-hybridized carbons (Fsp3) is 0.368. The quantitative estimate of drug-likeness (QED) is 0.761. The van der Waals surface area contributed by atoms with Crippen molar-refractivity contribution < 1.29 is 14.3 Å². The van der Waals surface area contributed by atoms with Gasteiger partial charge in [-0.1, -0.05) is 0 Å². The Hall–Kier alpha value is -3.16. The predicted molar refractivity (Wildman–Crippen MR) is 99.1 cm³/mol. The van der Waals surface area contributed by atoms with Crippen LogP contribution in [0.3, 0.4) is 0 Å². The second-order valence-electron chi connectivity index (χ2n) is 6.53. The zero-order valence-corrected chi connectivity index (χ0v) is 15.3. The topological polar surface area (TPSA) is 93.2 Å². The van der Waals surface area contributed by atoms with Crippen molar-refractivity contribution in [2.75, 3.05) is 27.3 Å². The molecule has 3 heterocycles. The van der Waals surface area contributed by atoms with Crippen LogP contribution >= 0.6 is 0 Å². The van der Waals surface area contributed by atoms with E-state index in [0.29, 0.717) is 29.3 Å². The monoisotopic (exact) mass is 367 g/mol. The van der Waals surface area contributed by atoms with E-state index in [1.807, 2.05) is 4.90 Å². The van der Waals surface area contributed by atoms with Crippen molar-refractivity contribution in [3.8, 4) is 11.5 Å². The summed E-state index contributed by atoms with van der Waals surface area (Å²) in [7, 11) is 3.14. The van der Waals surface area contributed by atoms with Crippen molar-refractivity contribution in [3.05, 3.63) is 41.9 Å². The summed E-state index contributed by atoms with van der Waals surface area (Å²) in [6.07, 6.45) is 5.19. The molecule has 2 aromatic heterocycles. The number of piperidine rings is 1. The molecule has 3 aromatic rings. The molecule has 1 atom stereocenters. The minimum absolute atomic E-state index is 0.0180. The summed E-state index contributed by atoms with van der Waals surface area (Å²) in [6, 6.07) is 5.25. The molecule has 1 amide bonds. The maximum atomic E-state index is 13.0. The van der Waals surface area contributed by atoms with Gasteiger partial charge in [-0.2, -0.15) is 5.10 Å². The minimum Gasteiger partial charge on any atom is -0.493 e. The van der Waals surface area contributed by atoms with E-state index in [1.54, 1.807) is 44.8 Å². The van der Waals surface area contributed by atoms with Crippen LogP contribution in [-0.2, 0) is 0 Å². The number of rotatable bonds is 4. The van der Waals surface area contributed by atoms with Crippen LogP contribution in [0.1, 0.15) is 34.8 Å². The van der Waals surface area contributed by atoms with Crippen LogP contribution in [0, 0.1) is 0 Å². The molecule has 8 heteroatoms. The number of ether oxygens (including phenoxy) is 2. The number of hydrogen-bond acceptors (Lipinski definition) is 6. The van der Waals surface area contributed by atoms with E-state index < -0.39 is 0 Å². The third-order valence-corrected chi connectivity index (χ3v) is 4.96. The number of fused-ring (bicyclic) bond motifs is 1. The van der Waals surface area contributed by atoms with Crippen LogP contribution in [-0.4, -0.2) is 58.3 Å². The number of nitrogens with one attached hydrogen (secondary N) is 1. The lowest BCUT2D eigenvalue weighted by Crippen LogP contribution is -2.39. The second kappa shape index (κ2) is 7.22. The molecule has 0 aliphatic carbocycles. The maximum absolute atomic E-state index is 13.0. The van der Waals surface area contributed by atoms with Crippen molar-refractivity contribution >= 4 is 17.1 Å². The first kappa shape index (κ1) is 17.3. The van der Waals surface area contributed by atoms with E-state index in [0.717, 1.165) is 30.6 Å². The number of aromatic amines is 1. The number of nitrogens with zero attached hydrogens (tertiary/aromatic N) is 4. The van der Waals surface area contributed by atoms with Gasteiger partial charge in [-0.25, -0.2) is 9.97 Å². The van der Waals surface area contributed by atoms with Crippen molar-refractivity contribution in [1.82, 2.24) is 25.1 Å². The molecule has 0 bridgehead atoms. The van der Waals surface area contributed by atoms with Crippen LogP contribution in [0.15, 0.2) is 30.6 Å². The van der Waals surface area contributed by atoms with Crippen molar-refractivity contribution in [1.29, 1.82) is 0 Å². The summed E-state index contributed by atoms with van der Waals surface area (Å²) in [6.45, 7) is 1.34. The van der Waals surface area contributed by atoms with Crippen molar-refractivity contribution in [2.45, 2.75) is 18.8 Å². The number of benzene rings is 1. The van der Waals surface area contributed by atoms with Gasteiger partial charge in [0.1, 0.15) is 5.52 Å². The Morgan fingerprint density at radius 3 is 2.81 bits per heavy atom. The number of carbonyl (C=O) groups excluding carboxylic acids is 1. The highest BCUT2D eigenvalue weighted by Gasteiger charge is 2.28. The van der Waals surface area contributed by atoms with Gasteiger partial charge in [-0.3, -0.25) is 9.89 Å². The Bertz CT molecular complexity index is 971. The second-order valence-corrected chi connectivity index (χ2v) is 6.53. The molecular formula is C19H21N5O3. The predicted octanol–water partition coefficient (Wildman–Crippen LogP) is 2.39. The summed E-state index contributed by atoms with van der Waals surface area (Å²) in [5, 5.41) is 7.30. The number of likely N-dealkylation sites (tertiary alicyclic amines) is 1. The lowest BCUT2D eigenvalue weighted by molar-refractivity contribution is 0.0705. The first-order chi connectivity index (χ1) is 13.2. The Morgan fingerprint density at radius 2 is 2.00 bits per heavy atom. The zero-order chi connectivity index (χ0) is 18.8. The van der Waals surface area contributed by atoms with Crippen LogP contribution < -0.4 is 9.47 Å². The number of hydrogen-bond donors (Lipinski definition) is 1. The number of methoxy groups -OCH3 is 2. The molecule has 0 saturated carbocycles. The van der Waals surface area contributed by atoms with Crippen molar-refractivity contribution in [3.63, 3.8) is 0 Å². The van der Waals surface area contributed by atoms with E-state index in [2.05, 4.69) is 20.2 Å². The lowest BCUT2D eigenvalue weighted by Gasteiger charge is -2.32. The number of amides is 1. The van der Waals surface area contributed by atoms with Crippen LogP contribution in [0.25, 0.3) is 11.2 Å². The molecule has 140 valence electrons. The molecular weight excluding hydrogens is 346 g/mol. The fourth-order valence-electron chi connectivity index (χ4n) is 3.60. The minimum atomic E-state index is -0.0180. The first-order valence-electron chi connectivity index (χ1n) is 8.87. The van der Waals surface area contributed by atoms with Crippen molar-refractivity contribution in [2.24, 2.45) is 0 Å². The molecule has 8 nitrogen and oxygen atoms in total. The third kappa shape index (κ3) is 3.18. The number of aromatic nitrogens is 4. The standard InChI is InChI=1S/C19H21N5O3/c1-26-14-6-5-12(10-15(14)27-2)19(25)24-9-3-4-13(11-24)16-17-18(23-22-16)21-8-7-20-17/h5-8,10,13H,3-4,9,11H2,1-2H3,(H,21,22,23)/t13-/m1/s1. The van der Waals surface area contributed by atoms with Crippen LogP contribution in [0.5, 0.6) is 11.5 Å². The van der Waals surface area contributed by atoms with Gasteiger partial charge in [0.25, 0.3) is 5.91 Å². The van der Waals surface area contributed by atoms with E-state index in [4.69, 9.17) is 9.47 Å². The SMILES string of the molecule is COc1ccc(C(=O)N2CCC[C@@H](c3[nH]nc4nccnc34)C2)cc1OC. The van der Waals surface area contributed by atoms with Gasteiger partial charge < -0.3 is 14.4 Å². The Balaban J connectivity index is 1.57. The molecule has 1 aliphatic rings. The summed E-state index contributed by atoms with van der Waals surface area (Å²) < 4.78 is 10.6. The highest BCUT2D eigenvalue weighted by atomic mass is 16.5. The van der Waals surface area contributed by atoms with Crippen LogP contribution in [0.2, 0.25) is 0 Å². The Labute approximate surface area is 156 Å². The fourth-order valence-corrected chi connectivity index (χ4v) is 3.60. The molecule has 0 spiro atoms. The average molecular weight is 367 g/mol. The van der Waals surface area contributed by atoms with Gasteiger partial charge in [-0.05, 0) is 31.0 Å². The molecule has 4 rings (SSSR count). The summed E-state index contributed by atoms with van der Waals surface area (Å²) >= 11 is 0. The lowest BCUT2D eigenvalue weighted by atomic mass is 9.93. The molecule has 1 aliphatic heterocycles. The van der Waals surface area contributed by atoms with E-state index in [9.17, 15) is 4.79 Å². The maximum Gasteiger partial charge on any atom is 0.254 e. The molecule has 1 fully saturated rings. The summed E-state index contributed by atoms with van der Waals surface area (Å²) in [5.41, 5.74) is 2.92. The van der Waals surface area contributed by atoms with E-state index >= 15 is 0 Å². The Kier molecular flexibility index (Phi) is 4.62. The average Bonchev–Trinajstić information content (AvgIpc) is 3.17. The highest BCUT2D eigenvalue weighted by molar-refractivity contribution is 5.95. The van der Waals surface area contributed by atoms with Gasteiger partial charge in [0.2, 0.25) is 0 Å². The summed E-state index contributed by atoms with van der Waals surface area (Å²) in [5.74, 6) is 1.29. The number of H-pyrrole nitrogens is 1.